The van der Waals surface area contributed by atoms with E-state index in [4.69, 9.17) is 5.21 Å². The van der Waals surface area contributed by atoms with Gasteiger partial charge in [0.1, 0.15) is 0 Å². The van der Waals surface area contributed by atoms with Gasteiger partial charge in [-0.1, -0.05) is 5.16 Å². The highest BCUT2D eigenvalue weighted by molar-refractivity contribution is 5.87. The first-order valence-corrected chi connectivity index (χ1v) is 5.91. The van der Waals surface area contributed by atoms with Crippen molar-refractivity contribution in [2.45, 2.75) is 45.4 Å². The summed E-state index contributed by atoms with van der Waals surface area (Å²) >= 11 is 0. The lowest BCUT2D eigenvalue weighted by atomic mass is 9.48. The molecule has 0 unspecified atom stereocenters. The lowest BCUT2D eigenvalue weighted by Gasteiger charge is -2.56. The minimum absolute atomic E-state index is 0.309. The highest BCUT2D eigenvalue weighted by Gasteiger charge is 2.52. The molecule has 4 fully saturated rings. The van der Waals surface area contributed by atoms with Gasteiger partial charge in [0.2, 0.25) is 0 Å². The van der Waals surface area contributed by atoms with Crippen LogP contribution in [0.25, 0.3) is 0 Å². The van der Waals surface area contributed by atoms with E-state index in [9.17, 15) is 0 Å². The van der Waals surface area contributed by atoms with Crippen molar-refractivity contribution < 1.29 is 5.21 Å². The maximum absolute atomic E-state index is 8.98. The molecule has 0 aliphatic heterocycles. The number of rotatable bonds is 1. The SMILES string of the molecule is C/C(=N\O)C12CC3CC(CC(C3)C1)C2. The van der Waals surface area contributed by atoms with Crippen LogP contribution in [0.2, 0.25) is 0 Å². The maximum Gasteiger partial charge on any atom is 0.0601 e. The average Bonchev–Trinajstić information content (AvgIpc) is 2.14. The molecule has 0 aromatic rings. The van der Waals surface area contributed by atoms with Gasteiger partial charge in [0, 0.05) is 5.41 Å². The number of hydrogen-bond acceptors (Lipinski definition) is 2. The maximum atomic E-state index is 8.98. The Hall–Kier alpha value is -0.530. The van der Waals surface area contributed by atoms with Crippen LogP contribution in [0.4, 0.5) is 0 Å². The summed E-state index contributed by atoms with van der Waals surface area (Å²) in [7, 11) is 0. The molecule has 0 spiro atoms. The third kappa shape index (κ3) is 1.06. The van der Waals surface area contributed by atoms with Crippen molar-refractivity contribution in [2.24, 2.45) is 28.3 Å². The molecule has 0 radical (unpaired) electrons. The lowest BCUT2D eigenvalue weighted by Crippen LogP contribution is -2.49. The van der Waals surface area contributed by atoms with Gasteiger partial charge in [0.15, 0.2) is 0 Å². The van der Waals surface area contributed by atoms with Gasteiger partial charge in [0.05, 0.1) is 5.71 Å². The van der Waals surface area contributed by atoms with E-state index in [1.165, 1.54) is 38.5 Å². The van der Waals surface area contributed by atoms with Crippen LogP contribution in [0, 0.1) is 23.2 Å². The Bertz CT molecular complexity index is 247. The first-order chi connectivity index (χ1) is 6.72. The fraction of sp³-hybridized carbons (Fsp3) is 0.917. The highest BCUT2D eigenvalue weighted by atomic mass is 16.4. The van der Waals surface area contributed by atoms with Gasteiger partial charge in [0.25, 0.3) is 0 Å². The van der Waals surface area contributed by atoms with E-state index in [1.54, 1.807) is 0 Å². The molecule has 0 aromatic heterocycles. The fourth-order valence-electron chi connectivity index (χ4n) is 4.66. The van der Waals surface area contributed by atoms with Crippen LogP contribution in [-0.4, -0.2) is 10.9 Å². The molecule has 14 heavy (non-hydrogen) atoms. The van der Waals surface area contributed by atoms with E-state index < -0.39 is 0 Å². The van der Waals surface area contributed by atoms with Crippen LogP contribution < -0.4 is 0 Å². The van der Waals surface area contributed by atoms with Crippen molar-refractivity contribution in [3.8, 4) is 0 Å². The van der Waals surface area contributed by atoms with Crippen molar-refractivity contribution in [1.82, 2.24) is 0 Å². The van der Waals surface area contributed by atoms with Crippen LogP contribution in [0.5, 0.6) is 0 Å². The summed E-state index contributed by atoms with van der Waals surface area (Å²) in [4.78, 5) is 0. The Morgan fingerprint density at radius 3 is 1.86 bits per heavy atom. The number of oxime groups is 1. The van der Waals surface area contributed by atoms with E-state index in [1.807, 2.05) is 6.92 Å². The molecule has 4 saturated carbocycles. The normalized spacial score (nSPS) is 51.2. The summed E-state index contributed by atoms with van der Waals surface area (Å²) in [6.07, 6.45) is 8.27. The summed E-state index contributed by atoms with van der Waals surface area (Å²) < 4.78 is 0. The molecule has 78 valence electrons. The van der Waals surface area contributed by atoms with Crippen LogP contribution in [0.3, 0.4) is 0 Å². The molecule has 4 aliphatic carbocycles. The second kappa shape index (κ2) is 2.74. The predicted octanol–water partition coefficient (Wildman–Crippen LogP) is 3.05. The molecule has 1 N–H and O–H groups in total. The Labute approximate surface area is 85.4 Å². The molecule has 0 atom stereocenters. The van der Waals surface area contributed by atoms with Crippen LogP contribution in [0.1, 0.15) is 45.4 Å². The van der Waals surface area contributed by atoms with Crippen LogP contribution >= 0.6 is 0 Å². The summed E-state index contributed by atoms with van der Waals surface area (Å²) in [5, 5.41) is 12.5. The molecule has 0 saturated heterocycles. The summed E-state index contributed by atoms with van der Waals surface area (Å²) in [5.41, 5.74) is 1.32. The predicted molar refractivity (Wildman–Crippen MR) is 55.5 cm³/mol. The molecule has 2 nitrogen and oxygen atoms in total. The first-order valence-electron chi connectivity index (χ1n) is 5.91. The Balaban J connectivity index is 1.94. The Morgan fingerprint density at radius 2 is 1.50 bits per heavy atom. The van der Waals surface area contributed by atoms with Gasteiger partial charge in [-0.2, -0.15) is 0 Å². The zero-order chi connectivity index (χ0) is 9.76. The first kappa shape index (κ1) is 8.75. The fourth-order valence-corrected chi connectivity index (χ4v) is 4.66. The Kier molecular flexibility index (Phi) is 1.71. The third-order valence-electron chi connectivity index (χ3n) is 4.96. The monoisotopic (exact) mass is 193 g/mol. The van der Waals surface area contributed by atoms with Crippen molar-refractivity contribution in [3.63, 3.8) is 0 Å². The smallest absolute Gasteiger partial charge is 0.0601 e. The molecule has 0 heterocycles. The van der Waals surface area contributed by atoms with E-state index in [0.29, 0.717) is 5.41 Å². The standard InChI is InChI=1S/C12H19NO/c1-8(13-14)12-5-9-2-10(6-12)4-11(3-9)7-12/h9-11,14H,2-7H2,1H3/b13-8+. The summed E-state index contributed by atoms with van der Waals surface area (Å²) in [6, 6.07) is 0. The van der Waals surface area contributed by atoms with Gasteiger partial charge in [-0.25, -0.2) is 0 Å². The number of nitrogens with zero attached hydrogens (tertiary/aromatic N) is 1. The summed E-state index contributed by atoms with van der Waals surface area (Å²) in [6.45, 7) is 2.02. The average molecular weight is 193 g/mol. The van der Waals surface area contributed by atoms with E-state index >= 15 is 0 Å². The summed E-state index contributed by atoms with van der Waals surface area (Å²) in [5.74, 6) is 2.83. The second-order valence-electron chi connectivity index (χ2n) is 5.88. The Morgan fingerprint density at radius 1 is 1.07 bits per heavy atom. The zero-order valence-electron chi connectivity index (χ0n) is 8.87. The molecule has 4 aliphatic rings. The van der Waals surface area contributed by atoms with Crippen LogP contribution in [-0.2, 0) is 0 Å². The third-order valence-corrected chi connectivity index (χ3v) is 4.96. The zero-order valence-corrected chi connectivity index (χ0v) is 8.87. The van der Waals surface area contributed by atoms with Gasteiger partial charge >= 0.3 is 0 Å². The molecule has 0 amide bonds. The van der Waals surface area contributed by atoms with E-state index in [2.05, 4.69) is 5.16 Å². The molecule has 0 aromatic carbocycles. The molecule has 2 heteroatoms. The topological polar surface area (TPSA) is 32.6 Å². The molecule has 4 rings (SSSR count). The van der Waals surface area contributed by atoms with Crippen molar-refractivity contribution in [2.75, 3.05) is 0 Å². The van der Waals surface area contributed by atoms with E-state index in [-0.39, 0.29) is 0 Å². The van der Waals surface area contributed by atoms with Crippen molar-refractivity contribution in [3.05, 3.63) is 0 Å². The molecular weight excluding hydrogens is 174 g/mol. The van der Waals surface area contributed by atoms with Crippen molar-refractivity contribution >= 4 is 5.71 Å². The van der Waals surface area contributed by atoms with Gasteiger partial charge in [-0.15, -0.1) is 0 Å². The molecular formula is C12H19NO. The number of hydrogen-bond donors (Lipinski definition) is 1. The quantitative estimate of drug-likeness (QED) is 0.387. The minimum atomic E-state index is 0.309. The highest BCUT2D eigenvalue weighted by Crippen LogP contribution is 2.60. The second-order valence-corrected chi connectivity index (χ2v) is 5.88. The van der Waals surface area contributed by atoms with Gasteiger partial charge < -0.3 is 5.21 Å². The van der Waals surface area contributed by atoms with E-state index in [0.717, 1.165) is 23.5 Å². The largest absolute Gasteiger partial charge is 0.411 e. The minimum Gasteiger partial charge on any atom is -0.411 e. The van der Waals surface area contributed by atoms with Gasteiger partial charge in [-0.05, 0) is 63.2 Å². The van der Waals surface area contributed by atoms with Crippen molar-refractivity contribution in [1.29, 1.82) is 0 Å². The molecule has 4 bridgehead atoms. The van der Waals surface area contributed by atoms with Crippen LogP contribution in [0.15, 0.2) is 5.16 Å². The lowest BCUT2D eigenvalue weighted by molar-refractivity contribution is -0.0140. The van der Waals surface area contributed by atoms with Gasteiger partial charge in [-0.3, -0.25) is 0 Å².